The Morgan fingerprint density at radius 2 is 1.54 bits per heavy atom. The lowest BCUT2D eigenvalue weighted by molar-refractivity contribution is -0.147. The molecule has 0 fully saturated rings. The molecule has 0 aromatic heterocycles. The monoisotopic (exact) mass is 389 g/mol. The van der Waals surface area contributed by atoms with Gasteiger partial charge in [0.15, 0.2) is 11.5 Å². The Bertz CT molecular complexity index is 714. The normalized spacial score (nSPS) is 11.2. The van der Waals surface area contributed by atoms with Crippen LogP contribution in [0.25, 0.3) is 0 Å². The molecule has 8 nitrogen and oxygen atoms in total. The zero-order valence-corrected chi connectivity index (χ0v) is 15.3. The van der Waals surface area contributed by atoms with Gasteiger partial charge in [0.25, 0.3) is 0 Å². The highest BCUT2D eigenvalue weighted by molar-refractivity contribution is 5.95. The molecule has 1 unspecified atom stereocenters. The molecule has 0 spiro atoms. The Hall–Kier alpha value is -3.04. The maximum absolute atomic E-state index is 12.4. The standard InChI is InChI=1S/C20H23NO7/c1-3-9-27-11-7-19(25)21(20(26)8-12-28-10-4-2)14-18(24)15-5-6-16(22)17(23)13-15/h1-2,5-6,13,18,22-24H,7-12,14H2. The van der Waals surface area contributed by atoms with Crippen molar-refractivity contribution in [3.8, 4) is 36.2 Å². The van der Waals surface area contributed by atoms with E-state index in [-0.39, 0.29) is 57.1 Å². The van der Waals surface area contributed by atoms with E-state index in [2.05, 4.69) is 11.8 Å². The molecule has 28 heavy (non-hydrogen) atoms. The number of aliphatic hydroxyl groups is 1. The summed E-state index contributed by atoms with van der Waals surface area (Å²) in [4.78, 5) is 25.7. The molecule has 1 aromatic carbocycles. The van der Waals surface area contributed by atoms with Crippen LogP contribution in [0, 0.1) is 24.7 Å². The minimum Gasteiger partial charge on any atom is -0.504 e. The number of rotatable bonds is 11. The SMILES string of the molecule is C#CCOCCC(=O)N(CC(O)c1ccc(O)c(O)c1)C(=O)CCOCC#C. The van der Waals surface area contributed by atoms with Crippen LogP contribution in [0.3, 0.4) is 0 Å². The highest BCUT2D eigenvalue weighted by Crippen LogP contribution is 2.28. The number of carbonyl (C=O) groups is 2. The van der Waals surface area contributed by atoms with E-state index in [0.717, 1.165) is 11.0 Å². The molecule has 0 saturated heterocycles. The Kier molecular flexibility index (Phi) is 10.2. The smallest absolute Gasteiger partial charge is 0.231 e. The van der Waals surface area contributed by atoms with Crippen molar-refractivity contribution in [1.29, 1.82) is 0 Å². The van der Waals surface area contributed by atoms with E-state index in [0.29, 0.717) is 0 Å². The predicted molar refractivity (Wildman–Crippen MR) is 100.0 cm³/mol. The summed E-state index contributed by atoms with van der Waals surface area (Å²) >= 11 is 0. The van der Waals surface area contributed by atoms with Crippen LogP contribution in [-0.2, 0) is 19.1 Å². The first-order valence-corrected chi connectivity index (χ1v) is 8.46. The number of ether oxygens (including phenoxy) is 2. The van der Waals surface area contributed by atoms with Crippen LogP contribution < -0.4 is 0 Å². The molecule has 1 aromatic rings. The number of terminal acetylenes is 2. The highest BCUT2D eigenvalue weighted by Gasteiger charge is 2.25. The van der Waals surface area contributed by atoms with Crippen LogP contribution in [0.1, 0.15) is 24.5 Å². The van der Waals surface area contributed by atoms with Crippen molar-refractivity contribution in [2.24, 2.45) is 0 Å². The number of phenols is 2. The average Bonchev–Trinajstić information content (AvgIpc) is 2.68. The van der Waals surface area contributed by atoms with Gasteiger partial charge in [0.2, 0.25) is 11.8 Å². The molecule has 2 amide bonds. The van der Waals surface area contributed by atoms with Crippen LogP contribution in [0.4, 0.5) is 0 Å². The van der Waals surface area contributed by atoms with E-state index < -0.39 is 23.7 Å². The summed E-state index contributed by atoms with van der Waals surface area (Å²) in [6.07, 6.45) is 8.65. The van der Waals surface area contributed by atoms with E-state index >= 15 is 0 Å². The quantitative estimate of drug-likeness (QED) is 0.288. The van der Waals surface area contributed by atoms with Crippen molar-refractivity contribution in [2.75, 3.05) is 33.0 Å². The number of amides is 2. The van der Waals surface area contributed by atoms with E-state index in [1.165, 1.54) is 12.1 Å². The van der Waals surface area contributed by atoms with Crippen LogP contribution >= 0.6 is 0 Å². The fourth-order valence-corrected chi connectivity index (χ4v) is 2.22. The van der Waals surface area contributed by atoms with E-state index in [4.69, 9.17) is 22.3 Å². The van der Waals surface area contributed by atoms with Gasteiger partial charge in [-0.15, -0.1) is 12.8 Å². The molecule has 3 N–H and O–H groups in total. The van der Waals surface area contributed by atoms with Crippen LogP contribution in [-0.4, -0.2) is 65.0 Å². The van der Waals surface area contributed by atoms with Gasteiger partial charge in [-0.1, -0.05) is 17.9 Å². The van der Waals surface area contributed by atoms with Gasteiger partial charge in [-0.25, -0.2) is 0 Å². The molecule has 0 radical (unpaired) electrons. The lowest BCUT2D eigenvalue weighted by Crippen LogP contribution is -2.40. The number of hydrogen-bond acceptors (Lipinski definition) is 7. The Morgan fingerprint density at radius 3 is 2.00 bits per heavy atom. The maximum Gasteiger partial charge on any atom is 0.231 e. The number of benzene rings is 1. The first kappa shape index (κ1) is 23.0. The van der Waals surface area contributed by atoms with E-state index in [9.17, 15) is 24.9 Å². The van der Waals surface area contributed by atoms with Crippen molar-refractivity contribution in [3.63, 3.8) is 0 Å². The topological polar surface area (TPSA) is 117 Å². The predicted octanol–water partition coefficient (Wildman–Crippen LogP) is 0.566. The second kappa shape index (κ2) is 12.4. The number of aromatic hydroxyl groups is 2. The van der Waals surface area contributed by atoms with Gasteiger partial charge in [-0.3, -0.25) is 14.5 Å². The zero-order chi connectivity index (χ0) is 20.9. The van der Waals surface area contributed by atoms with Gasteiger partial charge < -0.3 is 24.8 Å². The zero-order valence-electron chi connectivity index (χ0n) is 15.3. The summed E-state index contributed by atoms with van der Waals surface area (Å²) in [6, 6.07) is 3.72. The first-order valence-electron chi connectivity index (χ1n) is 8.46. The Balaban J connectivity index is 2.81. The Morgan fingerprint density at radius 1 is 1.00 bits per heavy atom. The largest absolute Gasteiger partial charge is 0.504 e. The molecule has 150 valence electrons. The molecule has 1 atom stereocenters. The molecule has 1 rings (SSSR count). The lowest BCUT2D eigenvalue weighted by Gasteiger charge is -2.24. The summed E-state index contributed by atoms with van der Waals surface area (Å²) in [5.74, 6) is 2.65. The second-order valence-electron chi connectivity index (χ2n) is 5.68. The van der Waals surface area contributed by atoms with E-state index in [1.54, 1.807) is 0 Å². The number of phenolic OH excluding ortho intramolecular Hbond substituents is 2. The van der Waals surface area contributed by atoms with Gasteiger partial charge >= 0.3 is 0 Å². The minimum absolute atomic E-state index is 0.0243. The maximum atomic E-state index is 12.4. The minimum atomic E-state index is -1.27. The fraction of sp³-hybridized carbons (Fsp3) is 0.400. The molecule has 0 bridgehead atoms. The third kappa shape index (κ3) is 7.68. The molecule has 0 aliphatic rings. The number of aliphatic hydroxyl groups excluding tert-OH is 1. The molecular weight excluding hydrogens is 366 g/mol. The molecule has 0 aliphatic heterocycles. The van der Waals surface area contributed by atoms with Crippen LogP contribution in [0.15, 0.2) is 18.2 Å². The third-order valence-electron chi connectivity index (χ3n) is 3.63. The first-order chi connectivity index (χ1) is 13.4. The second-order valence-corrected chi connectivity index (χ2v) is 5.68. The average molecular weight is 389 g/mol. The van der Waals surface area contributed by atoms with Gasteiger partial charge in [-0.05, 0) is 17.7 Å². The van der Waals surface area contributed by atoms with Crippen molar-refractivity contribution < 1.29 is 34.4 Å². The van der Waals surface area contributed by atoms with Crippen molar-refractivity contribution in [3.05, 3.63) is 23.8 Å². The number of imide groups is 1. The number of carbonyl (C=O) groups excluding carboxylic acids is 2. The fourth-order valence-electron chi connectivity index (χ4n) is 2.22. The van der Waals surface area contributed by atoms with Gasteiger partial charge in [0.1, 0.15) is 13.2 Å². The number of nitrogens with zero attached hydrogens (tertiary/aromatic N) is 1. The summed E-state index contributed by atoms with van der Waals surface area (Å²) in [7, 11) is 0. The lowest BCUT2D eigenvalue weighted by atomic mass is 10.1. The molecule has 0 heterocycles. The number of hydrogen-bond donors (Lipinski definition) is 3. The molecule has 0 saturated carbocycles. The van der Waals surface area contributed by atoms with Crippen molar-refractivity contribution in [1.82, 2.24) is 4.90 Å². The molecule has 8 heteroatoms. The summed E-state index contributed by atoms with van der Waals surface area (Å²) in [5.41, 5.74) is 0.230. The summed E-state index contributed by atoms with van der Waals surface area (Å²) in [5, 5.41) is 29.3. The van der Waals surface area contributed by atoms with E-state index in [1.807, 2.05) is 0 Å². The summed E-state index contributed by atoms with van der Waals surface area (Å²) < 4.78 is 10.1. The van der Waals surface area contributed by atoms with Crippen molar-refractivity contribution in [2.45, 2.75) is 18.9 Å². The third-order valence-corrected chi connectivity index (χ3v) is 3.63. The van der Waals surface area contributed by atoms with Gasteiger partial charge in [0.05, 0.1) is 38.7 Å². The van der Waals surface area contributed by atoms with Crippen LogP contribution in [0.5, 0.6) is 11.5 Å². The highest BCUT2D eigenvalue weighted by atomic mass is 16.5. The molecule has 0 aliphatic carbocycles. The Labute approximate surface area is 163 Å². The summed E-state index contributed by atoms with van der Waals surface area (Å²) in [6.45, 7) is -0.216. The van der Waals surface area contributed by atoms with Gasteiger partial charge in [0, 0.05) is 0 Å². The van der Waals surface area contributed by atoms with Crippen molar-refractivity contribution >= 4 is 11.8 Å². The molecular formula is C20H23NO7. The van der Waals surface area contributed by atoms with Crippen LogP contribution in [0.2, 0.25) is 0 Å². The van der Waals surface area contributed by atoms with Gasteiger partial charge in [-0.2, -0.15) is 0 Å².